The van der Waals surface area contributed by atoms with Crippen LogP contribution in [0.15, 0.2) is 0 Å². The zero-order chi connectivity index (χ0) is 12.8. The van der Waals surface area contributed by atoms with Gasteiger partial charge in [-0.1, -0.05) is 20.3 Å². The van der Waals surface area contributed by atoms with Gasteiger partial charge in [-0.2, -0.15) is 0 Å². The molecule has 1 aliphatic rings. The number of amides is 1. The first-order valence-electron chi connectivity index (χ1n) is 7.11. The predicted octanol–water partition coefficient (Wildman–Crippen LogP) is 2.96. The monoisotopic (exact) mass is 276 g/mol. The van der Waals surface area contributed by atoms with E-state index < -0.39 is 0 Å². The lowest BCUT2D eigenvalue weighted by molar-refractivity contribution is -0.136. The highest BCUT2D eigenvalue weighted by molar-refractivity contribution is 5.85. The minimum absolute atomic E-state index is 0. The van der Waals surface area contributed by atoms with Crippen LogP contribution in [0.5, 0.6) is 0 Å². The molecule has 0 aliphatic carbocycles. The number of rotatable bonds is 5. The highest BCUT2D eigenvalue weighted by atomic mass is 35.5. The van der Waals surface area contributed by atoms with Gasteiger partial charge >= 0.3 is 0 Å². The molecular formula is C14H29ClN2O. The van der Waals surface area contributed by atoms with Crippen molar-refractivity contribution in [3.05, 3.63) is 0 Å². The van der Waals surface area contributed by atoms with Crippen molar-refractivity contribution in [2.24, 2.45) is 11.7 Å². The minimum atomic E-state index is 0. The molecule has 1 saturated heterocycles. The predicted molar refractivity (Wildman–Crippen MR) is 78.9 cm³/mol. The maximum absolute atomic E-state index is 12.2. The summed E-state index contributed by atoms with van der Waals surface area (Å²) in [6, 6.07) is 0.597. The summed E-state index contributed by atoms with van der Waals surface area (Å²) in [6.45, 7) is 7.40. The number of carbonyl (C=O) groups excluding carboxylic acids is 1. The van der Waals surface area contributed by atoms with Crippen molar-refractivity contribution in [2.75, 3.05) is 6.54 Å². The molecule has 1 heterocycles. The number of likely N-dealkylation sites (tertiary alicyclic amines) is 1. The van der Waals surface area contributed by atoms with E-state index in [-0.39, 0.29) is 18.4 Å². The Kier molecular flexibility index (Phi) is 8.62. The Morgan fingerprint density at radius 1 is 1.50 bits per heavy atom. The number of piperidine rings is 1. The molecule has 0 aromatic carbocycles. The molecule has 0 aromatic heterocycles. The van der Waals surface area contributed by atoms with Gasteiger partial charge in [0, 0.05) is 25.0 Å². The Hall–Kier alpha value is -0.280. The van der Waals surface area contributed by atoms with Crippen LogP contribution < -0.4 is 5.73 Å². The van der Waals surface area contributed by atoms with Crippen LogP contribution in [0.1, 0.15) is 59.3 Å². The normalized spacial score (nSPS) is 25.4. The molecule has 1 amide bonds. The largest absolute Gasteiger partial charge is 0.339 e. The third kappa shape index (κ3) is 5.15. The van der Waals surface area contributed by atoms with Crippen molar-refractivity contribution in [1.29, 1.82) is 0 Å². The Morgan fingerprint density at radius 3 is 2.72 bits per heavy atom. The van der Waals surface area contributed by atoms with E-state index in [0.29, 0.717) is 24.3 Å². The van der Waals surface area contributed by atoms with Crippen LogP contribution >= 0.6 is 12.4 Å². The van der Waals surface area contributed by atoms with Crippen LogP contribution in [0.25, 0.3) is 0 Å². The van der Waals surface area contributed by atoms with Crippen LogP contribution in [-0.2, 0) is 4.79 Å². The maximum Gasteiger partial charge on any atom is 0.222 e. The minimum Gasteiger partial charge on any atom is -0.339 e. The van der Waals surface area contributed by atoms with E-state index in [4.69, 9.17) is 5.73 Å². The van der Waals surface area contributed by atoms with E-state index in [2.05, 4.69) is 18.7 Å². The summed E-state index contributed by atoms with van der Waals surface area (Å²) in [7, 11) is 0. The number of halogens is 1. The molecule has 3 atom stereocenters. The zero-order valence-electron chi connectivity index (χ0n) is 12.0. The molecule has 108 valence electrons. The van der Waals surface area contributed by atoms with Gasteiger partial charge in [-0.15, -0.1) is 12.4 Å². The Balaban J connectivity index is 0.00000289. The molecule has 0 saturated carbocycles. The molecule has 4 heteroatoms. The molecule has 18 heavy (non-hydrogen) atoms. The van der Waals surface area contributed by atoms with Crippen molar-refractivity contribution >= 4 is 18.3 Å². The van der Waals surface area contributed by atoms with Gasteiger partial charge in [-0.05, 0) is 38.5 Å². The highest BCUT2D eigenvalue weighted by Crippen LogP contribution is 2.27. The van der Waals surface area contributed by atoms with Crippen LogP contribution in [0.4, 0.5) is 0 Å². The second kappa shape index (κ2) is 8.76. The summed E-state index contributed by atoms with van der Waals surface area (Å²) in [5.41, 5.74) is 5.72. The lowest BCUT2D eigenvalue weighted by Crippen LogP contribution is -2.47. The molecule has 3 nitrogen and oxygen atoms in total. The average Bonchev–Trinajstić information content (AvgIpc) is 2.29. The molecule has 3 unspecified atom stereocenters. The van der Waals surface area contributed by atoms with E-state index in [9.17, 15) is 4.79 Å². The van der Waals surface area contributed by atoms with E-state index in [1.165, 1.54) is 6.42 Å². The van der Waals surface area contributed by atoms with E-state index in [1.807, 2.05) is 6.92 Å². The molecule has 0 spiro atoms. The highest BCUT2D eigenvalue weighted by Gasteiger charge is 2.30. The standard InChI is InChI=1S/C14H28N2O.ClH/c1-4-6-13-11(2)7-5-10-16(13)14(17)9-8-12(3)15;/h11-13H,4-10,15H2,1-3H3;1H. The number of nitrogens with two attached hydrogens (primary N) is 1. The number of nitrogens with zero attached hydrogens (tertiary/aromatic N) is 1. The average molecular weight is 277 g/mol. The van der Waals surface area contributed by atoms with Crippen molar-refractivity contribution in [1.82, 2.24) is 4.90 Å². The lowest BCUT2D eigenvalue weighted by Gasteiger charge is -2.40. The van der Waals surface area contributed by atoms with Crippen molar-refractivity contribution in [3.63, 3.8) is 0 Å². The first kappa shape index (κ1) is 17.7. The zero-order valence-corrected chi connectivity index (χ0v) is 12.8. The van der Waals surface area contributed by atoms with Crippen LogP contribution in [0, 0.1) is 5.92 Å². The lowest BCUT2D eigenvalue weighted by atomic mass is 9.87. The van der Waals surface area contributed by atoms with Gasteiger partial charge in [0.25, 0.3) is 0 Å². The van der Waals surface area contributed by atoms with Gasteiger partial charge in [0.1, 0.15) is 0 Å². The van der Waals surface area contributed by atoms with E-state index >= 15 is 0 Å². The van der Waals surface area contributed by atoms with Gasteiger partial charge in [-0.25, -0.2) is 0 Å². The van der Waals surface area contributed by atoms with Gasteiger partial charge in [0.15, 0.2) is 0 Å². The van der Waals surface area contributed by atoms with Gasteiger partial charge in [-0.3, -0.25) is 4.79 Å². The third-order valence-electron chi connectivity index (χ3n) is 3.83. The van der Waals surface area contributed by atoms with Crippen molar-refractivity contribution in [3.8, 4) is 0 Å². The fraction of sp³-hybridized carbons (Fsp3) is 0.929. The molecule has 2 N–H and O–H groups in total. The summed E-state index contributed by atoms with van der Waals surface area (Å²) >= 11 is 0. The molecular weight excluding hydrogens is 248 g/mol. The van der Waals surface area contributed by atoms with Gasteiger partial charge in [0.05, 0.1) is 0 Å². The third-order valence-corrected chi connectivity index (χ3v) is 3.83. The maximum atomic E-state index is 12.2. The summed E-state index contributed by atoms with van der Waals surface area (Å²) in [5.74, 6) is 0.968. The van der Waals surface area contributed by atoms with Crippen LogP contribution in [0.2, 0.25) is 0 Å². The summed E-state index contributed by atoms with van der Waals surface area (Å²) in [6.07, 6.45) is 6.15. The van der Waals surface area contributed by atoms with Crippen LogP contribution in [-0.4, -0.2) is 29.4 Å². The second-order valence-corrected chi connectivity index (χ2v) is 5.58. The Bertz CT molecular complexity index is 246. The summed E-state index contributed by atoms with van der Waals surface area (Å²) in [4.78, 5) is 14.3. The van der Waals surface area contributed by atoms with E-state index in [1.54, 1.807) is 0 Å². The fourth-order valence-corrected chi connectivity index (χ4v) is 2.79. The smallest absolute Gasteiger partial charge is 0.222 e. The van der Waals surface area contributed by atoms with Crippen LogP contribution in [0.3, 0.4) is 0 Å². The first-order valence-corrected chi connectivity index (χ1v) is 7.11. The number of hydrogen-bond donors (Lipinski definition) is 1. The first-order chi connectivity index (χ1) is 8.06. The molecule has 0 radical (unpaired) electrons. The van der Waals surface area contributed by atoms with Gasteiger partial charge < -0.3 is 10.6 Å². The van der Waals surface area contributed by atoms with E-state index in [0.717, 1.165) is 32.2 Å². The quantitative estimate of drug-likeness (QED) is 0.839. The molecule has 1 fully saturated rings. The summed E-state index contributed by atoms with van der Waals surface area (Å²) in [5, 5.41) is 0. The fourth-order valence-electron chi connectivity index (χ4n) is 2.79. The molecule has 1 rings (SSSR count). The molecule has 1 aliphatic heterocycles. The topological polar surface area (TPSA) is 46.3 Å². The number of carbonyl (C=O) groups is 1. The SMILES string of the molecule is CCCC1C(C)CCCN1C(=O)CCC(C)N.Cl. The van der Waals surface area contributed by atoms with Crippen molar-refractivity contribution in [2.45, 2.75) is 71.4 Å². The van der Waals surface area contributed by atoms with Gasteiger partial charge in [0.2, 0.25) is 5.91 Å². The molecule has 0 bridgehead atoms. The second-order valence-electron chi connectivity index (χ2n) is 5.58. The van der Waals surface area contributed by atoms with Crippen molar-refractivity contribution < 1.29 is 4.79 Å². The summed E-state index contributed by atoms with van der Waals surface area (Å²) < 4.78 is 0. The Labute approximate surface area is 118 Å². The Morgan fingerprint density at radius 2 is 2.17 bits per heavy atom. The molecule has 0 aromatic rings. The number of hydrogen-bond acceptors (Lipinski definition) is 2.